The highest BCUT2D eigenvalue weighted by Gasteiger charge is 2.33. The van der Waals surface area contributed by atoms with Crippen LogP contribution < -0.4 is 9.62 Å². The zero-order valence-electron chi connectivity index (χ0n) is 21.6. The average molecular weight is 611 g/mol. The molecule has 1 N–H and O–H groups in total. The molecule has 0 radical (unpaired) electrons. The number of rotatable bonds is 12. The Morgan fingerprint density at radius 3 is 2.23 bits per heavy atom. The summed E-state index contributed by atoms with van der Waals surface area (Å²) in [4.78, 5) is 28.5. The number of sulfonamides is 1. The third-order valence-corrected chi connectivity index (χ3v) is 8.74. The molecule has 1 atom stereocenters. The molecule has 3 rings (SSSR count). The molecule has 0 heterocycles. The zero-order chi connectivity index (χ0) is 28.6. The summed E-state index contributed by atoms with van der Waals surface area (Å²) >= 11 is 18.5. The number of benzene rings is 3. The van der Waals surface area contributed by atoms with Crippen LogP contribution in [0.2, 0.25) is 15.1 Å². The Hall–Kier alpha value is -2.78. The van der Waals surface area contributed by atoms with E-state index in [4.69, 9.17) is 34.8 Å². The fourth-order valence-corrected chi connectivity index (χ4v) is 5.93. The van der Waals surface area contributed by atoms with Crippen molar-refractivity contribution in [1.82, 2.24) is 10.2 Å². The third kappa shape index (κ3) is 7.88. The minimum Gasteiger partial charge on any atom is -0.354 e. The van der Waals surface area contributed by atoms with Gasteiger partial charge in [-0.05, 0) is 60.9 Å². The van der Waals surface area contributed by atoms with Crippen molar-refractivity contribution in [1.29, 1.82) is 0 Å². The van der Waals surface area contributed by atoms with Crippen molar-refractivity contribution < 1.29 is 18.0 Å². The maximum atomic E-state index is 14.0. The van der Waals surface area contributed by atoms with E-state index in [1.54, 1.807) is 61.5 Å². The molecule has 2 amide bonds. The lowest BCUT2D eigenvalue weighted by Gasteiger charge is -2.33. The van der Waals surface area contributed by atoms with Crippen LogP contribution in [0, 0.1) is 0 Å². The monoisotopic (exact) mass is 609 g/mol. The van der Waals surface area contributed by atoms with Crippen molar-refractivity contribution in [2.24, 2.45) is 0 Å². The van der Waals surface area contributed by atoms with Gasteiger partial charge in [-0.3, -0.25) is 13.9 Å². The third-order valence-electron chi connectivity index (χ3n) is 5.98. The highest BCUT2D eigenvalue weighted by Crippen LogP contribution is 2.28. The summed E-state index contributed by atoms with van der Waals surface area (Å²) in [5.74, 6) is -0.896. The minimum atomic E-state index is -4.16. The van der Waals surface area contributed by atoms with E-state index in [0.717, 1.165) is 10.7 Å². The molecule has 0 aromatic heterocycles. The Morgan fingerprint density at radius 2 is 1.62 bits per heavy atom. The van der Waals surface area contributed by atoms with E-state index in [2.05, 4.69) is 5.32 Å². The predicted octanol–water partition coefficient (Wildman–Crippen LogP) is 6.18. The van der Waals surface area contributed by atoms with Crippen molar-refractivity contribution in [2.75, 3.05) is 17.4 Å². The summed E-state index contributed by atoms with van der Waals surface area (Å²) < 4.78 is 28.5. The molecular weight excluding hydrogens is 581 g/mol. The highest BCUT2D eigenvalue weighted by molar-refractivity contribution is 7.92. The molecule has 0 aliphatic carbocycles. The van der Waals surface area contributed by atoms with Crippen LogP contribution >= 0.6 is 34.8 Å². The molecule has 11 heteroatoms. The second-order valence-electron chi connectivity index (χ2n) is 8.79. The Bertz CT molecular complexity index is 1400. The van der Waals surface area contributed by atoms with Gasteiger partial charge in [-0.15, -0.1) is 0 Å². The minimum absolute atomic E-state index is 0.0153. The molecule has 0 spiro atoms. The topological polar surface area (TPSA) is 86.8 Å². The van der Waals surface area contributed by atoms with Gasteiger partial charge in [-0.2, -0.15) is 0 Å². The lowest BCUT2D eigenvalue weighted by Crippen LogP contribution is -2.52. The fourth-order valence-electron chi connectivity index (χ4n) is 4.00. The second kappa shape index (κ2) is 14.0. The van der Waals surface area contributed by atoms with Crippen LogP contribution in [0.3, 0.4) is 0 Å². The van der Waals surface area contributed by atoms with Gasteiger partial charge in [-0.25, -0.2) is 8.42 Å². The molecule has 3 aromatic rings. The van der Waals surface area contributed by atoms with E-state index in [1.807, 2.05) is 6.92 Å². The fraction of sp³-hybridized carbons (Fsp3) is 0.286. The van der Waals surface area contributed by atoms with Crippen molar-refractivity contribution in [2.45, 2.75) is 44.2 Å². The molecule has 0 saturated heterocycles. The van der Waals surface area contributed by atoms with Gasteiger partial charge in [-0.1, -0.05) is 79.0 Å². The van der Waals surface area contributed by atoms with Gasteiger partial charge < -0.3 is 10.2 Å². The van der Waals surface area contributed by atoms with Crippen molar-refractivity contribution in [3.8, 4) is 0 Å². The smallest absolute Gasteiger partial charge is 0.264 e. The van der Waals surface area contributed by atoms with Gasteiger partial charge in [0.25, 0.3) is 10.0 Å². The lowest BCUT2D eigenvalue weighted by atomic mass is 10.1. The first-order valence-corrected chi connectivity index (χ1v) is 15.0. The van der Waals surface area contributed by atoms with E-state index in [1.165, 1.54) is 23.1 Å². The molecule has 39 heavy (non-hydrogen) atoms. The van der Waals surface area contributed by atoms with Gasteiger partial charge in [0.2, 0.25) is 11.8 Å². The molecule has 0 fully saturated rings. The molecule has 7 nitrogen and oxygen atoms in total. The number of anilines is 1. The van der Waals surface area contributed by atoms with Crippen molar-refractivity contribution in [3.05, 3.63) is 93.4 Å². The number of nitrogens with zero attached hydrogens (tertiary/aromatic N) is 2. The highest BCUT2D eigenvalue weighted by atomic mass is 35.5. The van der Waals surface area contributed by atoms with Crippen LogP contribution in [0.1, 0.15) is 32.3 Å². The van der Waals surface area contributed by atoms with Crippen LogP contribution in [0.4, 0.5) is 5.69 Å². The van der Waals surface area contributed by atoms with Gasteiger partial charge in [0.05, 0.1) is 20.6 Å². The van der Waals surface area contributed by atoms with Crippen LogP contribution in [-0.2, 0) is 26.2 Å². The van der Waals surface area contributed by atoms with Crippen LogP contribution in [0.15, 0.2) is 77.7 Å². The first kappa shape index (κ1) is 30.8. The molecule has 0 aliphatic rings. The summed E-state index contributed by atoms with van der Waals surface area (Å²) in [5, 5.41) is 3.81. The van der Waals surface area contributed by atoms with E-state index >= 15 is 0 Å². The Morgan fingerprint density at radius 1 is 0.897 bits per heavy atom. The molecule has 0 unspecified atom stereocenters. The number of nitrogens with one attached hydrogen (secondary N) is 1. The molecular formula is C28H30Cl3N3O4S. The number of carbonyl (C=O) groups excluding carboxylic acids is 2. The van der Waals surface area contributed by atoms with E-state index < -0.39 is 28.5 Å². The van der Waals surface area contributed by atoms with E-state index in [9.17, 15) is 18.0 Å². The molecule has 0 saturated carbocycles. The van der Waals surface area contributed by atoms with Crippen LogP contribution in [-0.4, -0.2) is 44.3 Å². The summed E-state index contributed by atoms with van der Waals surface area (Å²) in [5.41, 5.74) is 0.859. The number of halogens is 3. The summed E-state index contributed by atoms with van der Waals surface area (Å²) in [7, 11) is -4.16. The lowest BCUT2D eigenvalue weighted by molar-refractivity contribution is -0.140. The number of hydrogen-bond acceptors (Lipinski definition) is 4. The first-order valence-electron chi connectivity index (χ1n) is 12.4. The number of carbonyl (C=O) groups is 2. The number of amides is 2. The predicted molar refractivity (Wildman–Crippen MR) is 157 cm³/mol. The summed E-state index contributed by atoms with van der Waals surface area (Å²) in [6.45, 7) is 3.62. The molecule has 208 valence electrons. The average Bonchev–Trinajstić information content (AvgIpc) is 2.92. The molecule has 0 bridgehead atoms. The molecule has 3 aromatic carbocycles. The van der Waals surface area contributed by atoms with Crippen molar-refractivity contribution in [3.63, 3.8) is 0 Å². The maximum absolute atomic E-state index is 14.0. The summed E-state index contributed by atoms with van der Waals surface area (Å²) in [6.07, 6.45) is 1.03. The maximum Gasteiger partial charge on any atom is 0.264 e. The summed E-state index contributed by atoms with van der Waals surface area (Å²) in [6, 6.07) is 18.2. The largest absolute Gasteiger partial charge is 0.354 e. The van der Waals surface area contributed by atoms with Crippen molar-refractivity contribution >= 4 is 62.3 Å². The quantitative estimate of drug-likeness (QED) is 0.266. The van der Waals surface area contributed by atoms with E-state index in [0.29, 0.717) is 33.6 Å². The van der Waals surface area contributed by atoms with Gasteiger partial charge in [0.1, 0.15) is 12.6 Å². The van der Waals surface area contributed by atoms with Crippen LogP contribution in [0.5, 0.6) is 0 Å². The second-order valence-corrected chi connectivity index (χ2v) is 11.9. The zero-order valence-corrected chi connectivity index (χ0v) is 24.7. The normalized spacial score (nSPS) is 12.0. The standard InChI is InChI=1S/C28H30Cl3N3O4S/c1-3-15-32-28(36)26(4-2)33(18-20-13-14-24(30)25(31)16-20)27(35)19-34(22-10-8-9-21(29)17-22)39(37,38)23-11-6-5-7-12-23/h5-14,16-17,26H,3-4,15,18-19H2,1-2H3,(H,32,36)/t26-/m1/s1. The van der Waals surface area contributed by atoms with Gasteiger partial charge in [0, 0.05) is 18.1 Å². The van der Waals surface area contributed by atoms with E-state index in [-0.39, 0.29) is 23.0 Å². The van der Waals surface area contributed by atoms with Crippen LogP contribution in [0.25, 0.3) is 0 Å². The van der Waals surface area contributed by atoms with Gasteiger partial charge >= 0.3 is 0 Å². The molecule has 0 aliphatic heterocycles. The first-order chi connectivity index (χ1) is 18.6. The Kier molecular flexibility index (Phi) is 11.1. The number of hydrogen-bond donors (Lipinski definition) is 1. The Balaban J connectivity index is 2.05. The van der Waals surface area contributed by atoms with Gasteiger partial charge in [0.15, 0.2) is 0 Å². The Labute approximate surface area is 244 Å². The SMILES string of the molecule is CCCNC(=O)[C@@H](CC)N(Cc1ccc(Cl)c(Cl)c1)C(=O)CN(c1cccc(Cl)c1)S(=O)(=O)c1ccccc1.